The molecule has 0 amide bonds. The molecule has 1 aromatic rings. The summed E-state index contributed by atoms with van der Waals surface area (Å²) in [7, 11) is -3.39. The number of hydrogen-bond acceptors (Lipinski definition) is 4. The predicted molar refractivity (Wildman–Crippen MR) is 75.2 cm³/mol. The van der Waals surface area contributed by atoms with Gasteiger partial charge in [-0.05, 0) is 43.6 Å². The zero-order valence-corrected chi connectivity index (χ0v) is 11.8. The van der Waals surface area contributed by atoms with Crippen molar-refractivity contribution >= 4 is 10.0 Å². The first kappa shape index (κ1) is 14.5. The van der Waals surface area contributed by atoms with E-state index in [0.29, 0.717) is 18.0 Å². The Morgan fingerprint density at radius 1 is 1.16 bits per heavy atom. The van der Waals surface area contributed by atoms with E-state index in [1.807, 2.05) is 0 Å². The van der Waals surface area contributed by atoms with E-state index in [-0.39, 0.29) is 0 Å². The highest BCUT2D eigenvalue weighted by molar-refractivity contribution is 7.89. The van der Waals surface area contributed by atoms with Gasteiger partial charge in [0.25, 0.3) is 0 Å². The summed E-state index contributed by atoms with van der Waals surface area (Å²) < 4.78 is 26.7. The average Bonchev–Trinajstić information content (AvgIpc) is 2.92. The molecule has 2 rings (SSSR count). The van der Waals surface area contributed by atoms with Crippen molar-refractivity contribution in [2.75, 3.05) is 26.2 Å². The second-order valence-corrected chi connectivity index (χ2v) is 6.56. The fourth-order valence-corrected chi connectivity index (χ4v) is 3.25. The van der Waals surface area contributed by atoms with Crippen LogP contribution in [-0.2, 0) is 16.6 Å². The first-order valence-electron chi connectivity index (χ1n) is 6.63. The Morgan fingerprint density at radius 3 is 2.37 bits per heavy atom. The summed E-state index contributed by atoms with van der Waals surface area (Å²) in [6.45, 7) is 3.81. The molecule has 6 heteroatoms. The zero-order valence-electron chi connectivity index (χ0n) is 11.0. The van der Waals surface area contributed by atoms with Gasteiger partial charge in [-0.1, -0.05) is 12.1 Å². The van der Waals surface area contributed by atoms with Crippen molar-refractivity contribution in [2.45, 2.75) is 24.3 Å². The van der Waals surface area contributed by atoms with Crippen LogP contribution in [0.1, 0.15) is 18.4 Å². The van der Waals surface area contributed by atoms with Crippen molar-refractivity contribution in [3.8, 4) is 0 Å². The van der Waals surface area contributed by atoms with Crippen LogP contribution in [0.5, 0.6) is 0 Å². The number of hydrogen-bond donors (Lipinski definition) is 2. The van der Waals surface area contributed by atoms with Gasteiger partial charge in [-0.25, -0.2) is 13.1 Å². The largest absolute Gasteiger partial charge is 0.326 e. The molecule has 3 N–H and O–H groups in total. The minimum Gasteiger partial charge on any atom is -0.326 e. The Balaban J connectivity index is 1.89. The van der Waals surface area contributed by atoms with Gasteiger partial charge in [-0.3, -0.25) is 0 Å². The smallest absolute Gasteiger partial charge is 0.240 e. The Bertz CT molecular complexity index is 493. The van der Waals surface area contributed by atoms with Crippen LogP contribution >= 0.6 is 0 Å². The fourth-order valence-electron chi connectivity index (χ4n) is 2.23. The third kappa shape index (κ3) is 4.01. The van der Waals surface area contributed by atoms with Crippen molar-refractivity contribution in [3.63, 3.8) is 0 Å². The van der Waals surface area contributed by atoms with Gasteiger partial charge in [0.1, 0.15) is 0 Å². The SMILES string of the molecule is NCc1ccc(S(=O)(=O)NCCN2CCCC2)cc1. The molecule has 0 aliphatic carbocycles. The average molecular weight is 283 g/mol. The summed E-state index contributed by atoms with van der Waals surface area (Å²) in [6.07, 6.45) is 2.43. The highest BCUT2D eigenvalue weighted by Gasteiger charge is 2.15. The third-order valence-electron chi connectivity index (χ3n) is 3.39. The molecule has 0 saturated carbocycles. The van der Waals surface area contributed by atoms with Crippen LogP contribution in [0, 0.1) is 0 Å². The van der Waals surface area contributed by atoms with E-state index < -0.39 is 10.0 Å². The number of benzene rings is 1. The normalized spacial score (nSPS) is 16.9. The van der Waals surface area contributed by atoms with Crippen LogP contribution in [0.4, 0.5) is 0 Å². The lowest BCUT2D eigenvalue weighted by Gasteiger charge is -2.14. The highest BCUT2D eigenvalue weighted by atomic mass is 32.2. The van der Waals surface area contributed by atoms with Crippen molar-refractivity contribution in [1.82, 2.24) is 9.62 Å². The first-order chi connectivity index (χ1) is 9.12. The molecule has 106 valence electrons. The van der Waals surface area contributed by atoms with Gasteiger partial charge >= 0.3 is 0 Å². The van der Waals surface area contributed by atoms with Crippen molar-refractivity contribution in [1.29, 1.82) is 0 Å². The maximum Gasteiger partial charge on any atom is 0.240 e. The molecule has 5 nitrogen and oxygen atoms in total. The molecule has 0 radical (unpaired) electrons. The van der Waals surface area contributed by atoms with Crippen LogP contribution < -0.4 is 10.5 Å². The monoisotopic (exact) mass is 283 g/mol. The van der Waals surface area contributed by atoms with Gasteiger partial charge < -0.3 is 10.6 Å². The van der Waals surface area contributed by atoms with E-state index in [0.717, 1.165) is 25.2 Å². The highest BCUT2D eigenvalue weighted by Crippen LogP contribution is 2.10. The van der Waals surface area contributed by atoms with Crippen molar-refractivity contribution in [3.05, 3.63) is 29.8 Å². The Kier molecular flexibility index (Phi) is 4.93. The maximum absolute atomic E-state index is 12.0. The fraction of sp³-hybridized carbons (Fsp3) is 0.538. The van der Waals surface area contributed by atoms with Gasteiger partial charge in [0.2, 0.25) is 10.0 Å². The molecule has 1 aliphatic heterocycles. The summed E-state index contributed by atoms with van der Waals surface area (Å²) in [4.78, 5) is 2.58. The van der Waals surface area contributed by atoms with Crippen molar-refractivity contribution in [2.24, 2.45) is 5.73 Å². The summed E-state index contributed by atoms with van der Waals surface area (Å²) >= 11 is 0. The second kappa shape index (κ2) is 6.47. The Labute approximate surface area is 114 Å². The number of rotatable bonds is 6. The van der Waals surface area contributed by atoms with E-state index in [1.165, 1.54) is 12.8 Å². The summed E-state index contributed by atoms with van der Waals surface area (Å²) in [5.74, 6) is 0. The van der Waals surface area contributed by atoms with Crippen LogP contribution in [-0.4, -0.2) is 39.5 Å². The molecule has 0 aromatic heterocycles. The lowest BCUT2D eigenvalue weighted by molar-refractivity contribution is 0.344. The Morgan fingerprint density at radius 2 is 1.79 bits per heavy atom. The first-order valence-corrected chi connectivity index (χ1v) is 8.11. The summed E-state index contributed by atoms with van der Waals surface area (Å²) in [5, 5.41) is 0. The topological polar surface area (TPSA) is 75.4 Å². The number of nitrogens with one attached hydrogen (secondary N) is 1. The Hall–Kier alpha value is -0.950. The summed E-state index contributed by atoms with van der Waals surface area (Å²) in [5.41, 5.74) is 6.42. The molecule has 1 fully saturated rings. The van der Waals surface area contributed by atoms with Gasteiger partial charge in [0, 0.05) is 19.6 Å². The standard InChI is InChI=1S/C13H21N3O2S/c14-11-12-3-5-13(6-4-12)19(17,18)15-7-10-16-8-1-2-9-16/h3-6,15H,1-2,7-11,14H2. The van der Waals surface area contributed by atoms with Crippen molar-refractivity contribution < 1.29 is 8.42 Å². The van der Waals surface area contributed by atoms with Gasteiger partial charge in [0.15, 0.2) is 0 Å². The number of nitrogens with zero attached hydrogens (tertiary/aromatic N) is 1. The van der Waals surface area contributed by atoms with E-state index in [1.54, 1.807) is 24.3 Å². The maximum atomic E-state index is 12.0. The van der Waals surface area contributed by atoms with E-state index in [2.05, 4.69) is 9.62 Å². The molecule has 0 atom stereocenters. The molecular weight excluding hydrogens is 262 g/mol. The lowest BCUT2D eigenvalue weighted by atomic mass is 10.2. The van der Waals surface area contributed by atoms with Gasteiger partial charge in [-0.15, -0.1) is 0 Å². The van der Waals surface area contributed by atoms with E-state index >= 15 is 0 Å². The van der Waals surface area contributed by atoms with Crippen LogP contribution in [0.2, 0.25) is 0 Å². The van der Waals surface area contributed by atoms with Gasteiger partial charge in [-0.2, -0.15) is 0 Å². The van der Waals surface area contributed by atoms with Gasteiger partial charge in [0.05, 0.1) is 4.90 Å². The predicted octanol–water partition coefficient (Wildman–Crippen LogP) is 0.519. The van der Waals surface area contributed by atoms with E-state index in [9.17, 15) is 8.42 Å². The lowest BCUT2D eigenvalue weighted by Crippen LogP contribution is -2.33. The molecule has 0 bridgehead atoms. The molecule has 19 heavy (non-hydrogen) atoms. The molecule has 1 aromatic carbocycles. The van der Waals surface area contributed by atoms with Crippen LogP contribution in [0.3, 0.4) is 0 Å². The van der Waals surface area contributed by atoms with Crippen LogP contribution in [0.15, 0.2) is 29.2 Å². The molecule has 0 unspecified atom stereocenters. The van der Waals surface area contributed by atoms with Crippen LogP contribution in [0.25, 0.3) is 0 Å². The number of nitrogens with two attached hydrogens (primary N) is 1. The molecule has 0 spiro atoms. The van der Waals surface area contributed by atoms with E-state index in [4.69, 9.17) is 5.73 Å². The zero-order chi connectivity index (χ0) is 13.7. The molecule has 1 heterocycles. The quantitative estimate of drug-likeness (QED) is 0.798. The number of likely N-dealkylation sites (tertiary alicyclic amines) is 1. The minimum atomic E-state index is -3.39. The summed E-state index contributed by atoms with van der Waals surface area (Å²) in [6, 6.07) is 6.69. The third-order valence-corrected chi connectivity index (χ3v) is 4.87. The second-order valence-electron chi connectivity index (χ2n) is 4.79. The molecule has 1 aliphatic rings. The molecule has 1 saturated heterocycles. The molecular formula is C13H21N3O2S. The number of sulfonamides is 1. The minimum absolute atomic E-state index is 0.297.